The average molecular weight is 285 g/mol. The molecule has 1 atom stereocenters. The van der Waals surface area contributed by atoms with Crippen molar-refractivity contribution in [3.63, 3.8) is 0 Å². The number of ether oxygens (including phenoxy) is 1. The second kappa shape index (κ2) is 3.70. The first kappa shape index (κ1) is 9.23. The van der Waals surface area contributed by atoms with Gasteiger partial charge in [-0.15, -0.1) is 0 Å². The van der Waals surface area contributed by atoms with Crippen molar-refractivity contribution < 1.29 is 22.2 Å². The maximum atomic E-state index is 10.7. The Hall–Kier alpha value is -0.860. The SMILES string of the molecule is O=C1CC(NC(=O)OI)C(=O)O1. The van der Waals surface area contributed by atoms with Gasteiger partial charge in [-0.3, -0.25) is 4.79 Å². The third-order valence-corrected chi connectivity index (χ3v) is 1.63. The molecule has 1 N–H and O–H groups in total. The average Bonchev–Trinajstić information content (AvgIpc) is 2.30. The van der Waals surface area contributed by atoms with E-state index in [1.807, 2.05) is 0 Å². The van der Waals surface area contributed by atoms with Crippen LogP contribution in [0, 0.1) is 0 Å². The van der Waals surface area contributed by atoms with Crippen molar-refractivity contribution in [3.05, 3.63) is 0 Å². The van der Waals surface area contributed by atoms with E-state index in [1.54, 1.807) is 0 Å². The molecule has 1 aliphatic rings. The third-order valence-electron chi connectivity index (χ3n) is 1.23. The van der Waals surface area contributed by atoms with Gasteiger partial charge in [0.1, 0.15) is 6.04 Å². The molecule has 0 spiro atoms. The molecule has 0 aromatic carbocycles. The van der Waals surface area contributed by atoms with Gasteiger partial charge < -0.3 is 13.1 Å². The van der Waals surface area contributed by atoms with Crippen LogP contribution >= 0.6 is 23.0 Å². The van der Waals surface area contributed by atoms with Gasteiger partial charge in [0.05, 0.1) is 6.42 Å². The maximum Gasteiger partial charge on any atom is 0.417 e. The zero-order valence-corrected chi connectivity index (χ0v) is 7.86. The van der Waals surface area contributed by atoms with Crippen LogP contribution < -0.4 is 5.32 Å². The number of cyclic esters (lactones) is 2. The van der Waals surface area contributed by atoms with E-state index in [4.69, 9.17) is 0 Å². The van der Waals surface area contributed by atoms with Crippen LogP contribution in [0.5, 0.6) is 0 Å². The lowest BCUT2D eigenvalue weighted by atomic mass is 10.2. The normalized spacial score (nSPS) is 21.9. The summed E-state index contributed by atoms with van der Waals surface area (Å²) in [6.07, 6.45) is -0.905. The van der Waals surface area contributed by atoms with Crippen molar-refractivity contribution in [2.75, 3.05) is 0 Å². The molecular weight excluding hydrogens is 281 g/mol. The summed E-state index contributed by atoms with van der Waals surface area (Å²) in [5.74, 6) is -1.39. The summed E-state index contributed by atoms with van der Waals surface area (Å²) < 4.78 is 8.37. The first-order valence-electron chi connectivity index (χ1n) is 2.97. The summed E-state index contributed by atoms with van der Waals surface area (Å²) in [6.45, 7) is 0. The maximum absolute atomic E-state index is 10.7. The number of nitrogens with one attached hydrogen (secondary N) is 1. The van der Waals surface area contributed by atoms with Crippen LogP contribution in [-0.2, 0) is 17.4 Å². The Balaban J connectivity index is 2.48. The highest BCUT2D eigenvalue weighted by Crippen LogP contribution is 2.07. The fourth-order valence-corrected chi connectivity index (χ4v) is 0.877. The summed E-state index contributed by atoms with van der Waals surface area (Å²) >= 11 is 1.36. The van der Waals surface area contributed by atoms with Crippen molar-refractivity contribution in [2.24, 2.45) is 0 Å². The Labute approximate surface area is 81.3 Å². The number of carbonyl (C=O) groups excluding carboxylic acids is 3. The molecular formula is C5H4INO5. The molecule has 0 bridgehead atoms. The van der Waals surface area contributed by atoms with Crippen LogP contribution in [0.1, 0.15) is 6.42 Å². The minimum Gasteiger partial charge on any atom is -0.392 e. The highest BCUT2D eigenvalue weighted by atomic mass is 127. The summed E-state index contributed by atoms with van der Waals surface area (Å²) in [5.41, 5.74) is 0. The molecule has 7 heteroatoms. The van der Waals surface area contributed by atoms with Gasteiger partial charge in [-0.05, 0) is 0 Å². The van der Waals surface area contributed by atoms with Crippen LogP contribution in [-0.4, -0.2) is 24.1 Å². The summed E-state index contributed by atoms with van der Waals surface area (Å²) in [4.78, 5) is 31.8. The number of carbonyl (C=O) groups is 3. The van der Waals surface area contributed by atoms with E-state index in [0.29, 0.717) is 0 Å². The molecule has 0 aromatic rings. The van der Waals surface area contributed by atoms with Gasteiger partial charge in [0.2, 0.25) is 0 Å². The standard InChI is InChI=1S/C5H4INO5/c6-12-5(10)7-2-1-3(8)11-4(2)9/h2H,1H2,(H,7,10). The number of hydrogen-bond donors (Lipinski definition) is 1. The molecule has 12 heavy (non-hydrogen) atoms. The topological polar surface area (TPSA) is 81.7 Å². The summed E-state index contributed by atoms with van der Waals surface area (Å²) in [7, 11) is 0. The van der Waals surface area contributed by atoms with Gasteiger partial charge in [-0.25, -0.2) is 9.59 Å². The number of esters is 2. The minimum atomic E-state index is -0.903. The van der Waals surface area contributed by atoms with Crippen molar-refractivity contribution in [2.45, 2.75) is 12.5 Å². The zero-order valence-electron chi connectivity index (χ0n) is 5.70. The minimum absolute atomic E-state index is 0.134. The van der Waals surface area contributed by atoms with E-state index in [1.165, 1.54) is 23.0 Å². The van der Waals surface area contributed by atoms with Crippen LogP contribution in [0.25, 0.3) is 0 Å². The van der Waals surface area contributed by atoms with E-state index >= 15 is 0 Å². The predicted molar refractivity (Wildman–Crippen MR) is 43.1 cm³/mol. The van der Waals surface area contributed by atoms with Gasteiger partial charge in [0.15, 0.2) is 23.0 Å². The van der Waals surface area contributed by atoms with Gasteiger partial charge in [-0.2, -0.15) is 0 Å². The van der Waals surface area contributed by atoms with E-state index in [0.717, 1.165) is 0 Å². The van der Waals surface area contributed by atoms with E-state index in [9.17, 15) is 14.4 Å². The number of halogens is 1. The van der Waals surface area contributed by atoms with Crippen LogP contribution in [0.2, 0.25) is 0 Å². The molecule has 1 rings (SSSR count). The largest absolute Gasteiger partial charge is 0.417 e. The van der Waals surface area contributed by atoms with Crippen LogP contribution in [0.15, 0.2) is 0 Å². The Bertz CT molecular complexity index is 240. The smallest absolute Gasteiger partial charge is 0.392 e. The molecule has 1 aliphatic heterocycles. The van der Waals surface area contributed by atoms with Crippen molar-refractivity contribution in [3.8, 4) is 0 Å². The summed E-state index contributed by atoms with van der Waals surface area (Å²) in [6, 6.07) is -0.903. The van der Waals surface area contributed by atoms with E-state index < -0.39 is 24.1 Å². The van der Waals surface area contributed by atoms with Crippen LogP contribution in [0.4, 0.5) is 4.79 Å². The first-order valence-corrected chi connectivity index (χ1v) is 3.85. The van der Waals surface area contributed by atoms with E-state index in [2.05, 4.69) is 13.1 Å². The van der Waals surface area contributed by atoms with Gasteiger partial charge in [-0.1, -0.05) is 0 Å². The molecule has 1 fully saturated rings. The fraction of sp³-hybridized carbons (Fsp3) is 0.400. The lowest BCUT2D eigenvalue weighted by Gasteiger charge is -2.03. The molecule has 1 heterocycles. The monoisotopic (exact) mass is 285 g/mol. The Morgan fingerprint density at radius 3 is 2.75 bits per heavy atom. The highest BCUT2D eigenvalue weighted by Gasteiger charge is 2.34. The molecule has 0 radical (unpaired) electrons. The fourth-order valence-electron chi connectivity index (χ4n) is 0.749. The number of rotatable bonds is 1. The van der Waals surface area contributed by atoms with Crippen molar-refractivity contribution in [1.82, 2.24) is 5.32 Å². The van der Waals surface area contributed by atoms with E-state index in [-0.39, 0.29) is 6.42 Å². The zero-order chi connectivity index (χ0) is 9.14. The molecule has 1 saturated heterocycles. The Morgan fingerprint density at radius 1 is 1.67 bits per heavy atom. The first-order chi connectivity index (χ1) is 5.63. The predicted octanol–water partition coefficient (Wildman–Crippen LogP) is -0.0953. The molecule has 1 unspecified atom stereocenters. The molecule has 0 saturated carbocycles. The molecule has 0 aromatic heterocycles. The molecule has 0 aliphatic carbocycles. The van der Waals surface area contributed by atoms with Gasteiger partial charge >= 0.3 is 18.0 Å². The second-order valence-electron chi connectivity index (χ2n) is 2.06. The Morgan fingerprint density at radius 2 is 2.33 bits per heavy atom. The van der Waals surface area contributed by atoms with Crippen molar-refractivity contribution in [1.29, 1.82) is 0 Å². The van der Waals surface area contributed by atoms with Crippen molar-refractivity contribution >= 4 is 41.0 Å². The summed E-state index contributed by atoms with van der Waals surface area (Å²) in [5, 5.41) is 2.14. The third kappa shape index (κ3) is 2.06. The molecule has 66 valence electrons. The molecule has 1 amide bonds. The second-order valence-corrected chi connectivity index (χ2v) is 2.50. The quantitative estimate of drug-likeness (QED) is 0.413. The van der Waals surface area contributed by atoms with Crippen LogP contribution in [0.3, 0.4) is 0 Å². The molecule has 6 nitrogen and oxygen atoms in total. The number of hydrogen-bond acceptors (Lipinski definition) is 5. The lowest BCUT2D eigenvalue weighted by molar-refractivity contribution is -0.152. The van der Waals surface area contributed by atoms with Gasteiger partial charge in [0, 0.05) is 0 Å². The lowest BCUT2D eigenvalue weighted by Crippen LogP contribution is -2.37. The van der Waals surface area contributed by atoms with Gasteiger partial charge in [0.25, 0.3) is 0 Å². The highest BCUT2D eigenvalue weighted by molar-refractivity contribution is 14.1. The number of amides is 1. The Kier molecular flexibility index (Phi) is 2.84.